The zero-order valence-electron chi connectivity index (χ0n) is 21.0. The summed E-state index contributed by atoms with van der Waals surface area (Å²) in [6, 6.07) is 0. The molecule has 178 valence electrons. The maximum atomic E-state index is 12.7. The van der Waals surface area contributed by atoms with Gasteiger partial charge in [0.25, 0.3) is 0 Å². The van der Waals surface area contributed by atoms with E-state index in [-0.39, 0.29) is 28.1 Å². The molecule has 0 aromatic rings. The van der Waals surface area contributed by atoms with Crippen LogP contribution < -0.4 is 0 Å². The third kappa shape index (κ3) is 2.55. The first-order chi connectivity index (χ1) is 14.9. The molecule has 0 aromatic carbocycles. The minimum absolute atomic E-state index is 0.177. The van der Waals surface area contributed by atoms with Gasteiger partial charge in [-0.3, -0.25) is 9.59 Å². The molecule has 0 radical (unpaired) electrons. The minimum Gasteiger partial charge on any atom is -0.481 e. The second-order valence-corrected chi connectivity index (χ2v) is 13.5. The van der Waals surface area contributed by atoms with E-state index in [9.17, 15) is 14.7 Å². The molecule has 8 unspecified atom stereocenters. The van der Waals surface area contributed by atoms with Crippen molar-refractivity contribution in [2.45, 2.75) is 98.8 Å². The summed E-state index contributed by atoms with van der Waals surface area (Å²) in [7, 11) is 0. The van der Waals surface area contributed by atoms with Crippen molar-refractivity contribution in [1.82, 2.24) is 0 Å². The SMILES string of the molecule is C=C(C)[C@@H]1CCC2(C(=O)O)CC[C@]3(C)C(CCC4C5(C)CCC(=O)C(C)C5CCC43C)C12. The van der Waals surface area contributed by atoms with Crippen LogP contribution in [0.15, 0.2) is 12.2 Å². The first kappa shape index (κ1) is 22.7. The van der Waals surface area contributed by atoms with Gasteiger partial charge in [0.15, 0.2) is 0 Å². The molecule has 0 bridgehead atoms. The van der Waals surface area contributed by atoms with Crippen molar-refractivity contribution in [3.05, 3.63) is 12.2 Å². The number of ketones is 1. The van der Waals surface area contributed by atoms with Gasteiger partial charge in [-0.15, -0.1) is 0 Å². The number of carbonyl (C=O) groups excluding carboxylic acids is 1. The Balaban J connectivity index is 1.56. The number of aliphatic carboxylic acids is 1. The van der Waals surface area contributed by atoms with Crippen LogP contribution in [0.4, 0.5) is 0 Å². The van der Waals surface area contributed by atoms with Crippen molar-refractivity contribution in [1.29, 1.82) is 0 Å². The molecule has 32 heavy (non-hydrogen) atoms. The molecule has 5 fully saturated rings. The van der Waals surface area contributed by atoms with Gasteiger partial charge in [0.1, 0.15) is 5.78 Å². The molecule has 0 heterocycles. The Morgan fingerprint density at radius 3 is 2.31 bits per heavy atom. The molecule has 10 atom stereocenters. The molecular formula is C29H44O3. The normalized spacial score (nSPS) is 54.7. The number of fused-ring (bicyclic) bond motifs is 7. The van der Waals surface area contributed by atoms with Crippen LogP contribution in [0.2, 0.25) is 0 Å². The van der Waals surface area contributed by atoms with Gasteiger partial charge >= 0.3 is 5.97 Å². The predicted molar refractivity (Wildman–Crippen MR) is 127 cm³/mol. The van der Waals surface area contributed by atoms with E-state index < -0.39 is 11.4 Å². The topological polar surface area (TPSA) is 54.4 Å². The van der Waals surface area contributed by atoms with E-state index >= 15 is 0 Å². The van der Waals surface area contributed by atoms with Gasteiger partial charge in [-0.05, 0) is 111 Å². The molecule has 0 aromatic heterocycles. The van der Waals surface area contributed by atoms with E-state index in [1.165, 1.54) is 18.4 Å². The van der Waals surface area contributed by atoms with Gasteiger partial charge in [-0.25, -0.2) is 0 Å². The monoisotopic (exact) mass is 440 g/mol. The van der Waals surface area contributed by atoms with Crippen LogP contribution in [0, 0.1) is 57.2 Å². The summed E-state index contributed by atoms with van der Waals surface area (Å²) in [4.78, 5) is 25.3. The molecule has 5 aliphatic rings. The van der Waals surface area contributed by atoms with Crippen LogP contribution >= 0.6 is 0 Å². The lowest BCUT2D eigenvalue weighted by Gasteiger charge is -2.71. The lowest BCUT2D eigenvalue weighted by molar-refractivity contribution is -0.229. The van der Waals surface area contributed by atoms with Crippen molar-refractivity contribution < 1.29 is 14.7 Å². The summed E-state index contributed by atoms with van der Waals surface area (Å²) in [5, 5.41) is 10.5. The maximum Gasteiger partial charge on any atom is 0.309 e. The average molecular weight is 441 g/mol. The summed E-state index contributed by atoms with van der Waals surface area (Å²) < 4.78 is 0. The van der Waals surface area contributed by atoms with E-state index in [1.807, 2.05) is 0 Å². The summed E-state index contributed by atoms with van der Waals surface area (Å²) in [6.07, 6.45) is 10.2. The number of Topliss-reactive ketones (excluding diaryl/α,β-unsaturated/α-hetero) is 1. The third-order valence-corrected chi connectivity index (χ3v) is 12.9. The number of hydrogen-bond donors (Lipinski definition) is 1. The van der Waals surface area contributed by atoms with E-state index in [1.54, 1.807) is 0 Å². The smallest absolute Gasteiger partial charge is 0.309 e. The molecule has 0 amide bonds. The second-order valence-electron chi connectivity index (χ2n) is 13.5. The largest absolute Gasteiger partial charge is 0.481 e. The minimum atomic E-state index is -0.545. The van der Waals surface area contributed by atoms with Crippen LogP contribution in [0.25, 0.3) is 0 Å². The van der Waals surface area contributed by atoms with E-state index in [0.29, 0.717) is 29.5 Å². The Kier molecular flexibility index (Phi) is 4.92. The number of carboxylic acids is 1. The zero-order valence-corrected chi connectivity index (χ0v) is 21.0. The van der Waals surface area contributed by atoms with Crippen LogP contribution in [0.3, 0.4) is 0 Å². The second kappa shape index (κ2) is 6.95. The molecule has 3 nitrogen and oxygen atoms in total. The first-order valence-corrected chi connectivity index (χ1v) is 13.3. The van der Waals surface area contributed by atoms with Gasteiger partial charge in [0.2, 0.25) is 0 Å². The Bertz CT molecular complexity index is 860. The van der Waals surface area contributed by atoms with Crippen LogP contribution in [-0.4, -0.2) is 16.9 Å². The molecule has 3 heteroatoms. The summed E-state index contributed by atoms with van der Waals surface area (Å²) in [6.45, 7) is 16.3. The molecule has 5 aliphatic carbocycles. The number of carbonyl (C=O) groups is 2. The molecule has 0 aliphatic heterocycles. The van der Waals surface area contributed by atoms with Crippen LogP contribution in [0.1, 0.15) is 98.8 Å². The molecular weight excluding hydrogens is 396 g/mol. The van der Waals surface area contributed by atoms with Crippen molar-refractivity contribution in [3.63, 3.8) is 0 Å². The Morgan fingerprint density at radius 2 is 1.66 bits per heavy atom. The first-order valence-electron chi connectivity index (χ1n) is 13.3. The van der Waals surface area contributed by atoms with Gasteiger partial charge in [-0.1, -0.05) is 39.8 Å². The Hall–Kier alpha value is -1.12. The molecule has 0 spiro atoms. The maximum absolute atomic E-state index is 12.7. The van der Waals surface area contributed by atoms with E-state index in [0.717, 1.165) is 51.4 Å². The van der Waals surface area contributed by atoms with Crippen LogP contribution in [0.5, 0.6) is 0 Å². The lowest BCUT2D eigenvalue weighted by atomic mass is 9.33. The number of rotatable bonds is 2. The van der Waals surface area contributed by atoms with Gasteiger partial charge in [0.05, 0.1) is 5.41 Å². The number of carboxylic acid groups (broad SMARTS) is 1. The summed E-state index contributed by atoms with van der Waals surface area (Å²) in [5.74, 6) is 2.39. The van der Waals surface area contributed by atoms with E-state index in [4.69, 9.17) is 0 Å². The van der Waals surface area contributed by atoms with Crippen molar-refractivity contribution in [3.8, 4) is 0 Å². The molecule has 5 rings (SSSR count). The van der Waals surface area contributed by atoms with Gasteiger partial charge < -0.3 is 5.11 Å². The molecule has 5 saturated carbocycles. The highest BCUT2D eigenvalue weighted by Gasteiger charge is 2.71. The lowest BCUT2D eigenvalue weighted by Crippen LogP contribution is -2.65. The van der Waals surface area contributed by atoms with E-state index in [2.05, 4.69) is 41.2 Å². The van der Waals surface area contributed by atoms with Crippen LogP contribution in [-0.2, 0) is 9.59 Å². The summed E-state index contributed by atoms with van der Waals surface area (Å²) >= 11 is 0. The predicted octanol–water partition coefficient (Wildman–Crippen LogP) is 6.91. The number of hydrogen-bond acceptors (Lipinski definition) is 2. The summed E-state index contributed by atoms with van der Waals surface area (Å²) in [5.41, 5.74) is 1.32. The fourth-order valence-electron chi connectivity index (χ4n) is 10.9. The standard InChI is InChI=1S/C29H44O3/c1-17(2)19-9-14-29(25(31)32)16-15-27(5)21(24(19)29)7-8-23-26(4)12-11-22(30)18(3)20(26)10-13-28(23,27)6/h18-21,23-24H,1,7-16H2,2-6H3,(H,31,32)/t18?,19-,20?,21?,23?,24?,26?,27+,28?,29?/m0/s1. The molecule has 0 saturated heterocycles. The fraction of sp³-hybridized carbons (Fsp3) is 0.862. The van der Waals surface area contributed by atoms with Gasteiger partial charge in [-0.2, -0.15) is 0 Å². The van der Waals surface area contributed by atoms with Crippen molar-refractivity contribution >= 4 is 11.8 Å². The highest BCUT2D eigenvalue weighted by atomic mass is 16.4. The average Bonchev–Trinajstić information content (AvgIpc) is 3.13. The quantitative estimate of drug-likeness (QED) is 0.475. The van der Waals surface area contributed by atoms with Crippen molar-refractivity contribution in [2.24, 2.45) is 57.2 Å². The Labute approximate surface area is 194 Å². The van der Waals surface area contributed by atoms with Crippen molar-refractivity contribution in [2.75, 3.05) is 0 Å². The number of allylic oxidation sites excluding steroid dienone is 1. The van der Waals surface area contributed by atoms with Gasteiger partial charge in [0, 0.05) is 12.3 Å². The zero-order chi connectivity index (χ0) is 23.3. The fourth-order valence-corrected chi connectivity index (χ4v) is 10.9. The third-order valence-electron chi connectivity index (χ3n) is 12.9. The molecule has 1 N–H and O–H groups in total. The highest BCUT2D eigenvalue weighted by Crippen LogP contribution is 2.76. The Morgan fingerprint density at radius 1 is 0.938 bits per heavy atom. The highest BCUT2D eigenvalue weighted by molar-refractivity contribution is 5.82.